The van der Waals surface area contributed by atoms with Crippen molar-refractivity contribution in [1.82, 2.24) is 5.32 Å². The molecule has 1 aromatic heterocycles. The molecule has 16 heavy (non-hydrogen) atoms. The van der Waals surface area contributed by atoms with Crippen LogP contribution in [0.3, 0.4) is 0 Å². The van der Waals surface area contributed by atoms with Crippen LogP contribution in [-0.4, -0.2) is 26.4 Å². The molecule has 1 aliphatic heterocycles. The maximum atomic E-state index is 5.66. The molecular formula is C12H19NO2S. The van der Waals surface area contributed by atoms with Crippen molar-refractivity contribution in [3.05, 3.63) is 21.9 Å². The second kappa shape index (κ2) is 6.35. The molecule has 0 amide bonds. The van der Waals surface area contributed by atoms with E-state index in [1.54, 1.807) is 0 Å². The van der Waals surface area contributed by atoms with E-state index >= 15 is 0 Å². The molecule has 1 fully saturated rings. The first-order valence-corrected chi connectivity index (χ1v) is 6.61. The summed E-state index contributed by atoms with van der Waals surface area (Å²) in [6, 6.07) is 4.30. The lowest BCUT2D eigenvalue weighted by Crippen LogP contribution is -2.13. The molecule has 2 heterocycles. The highest BCUT2D eigenvalue weighted by Crippen LogP contribution is 2.18. The monoisotopic (exact) mass is 241 g/mol. The van der Waals surface area contributed by atoms with Gasteiger partial charge in [0.1, 0.15) is 0 Å². The number of hydrogen-bond acceptors (Lipinski definition) is 4. The second-order valence-electron chi connectivity index (χ2n) is 4.05. The molecule has 0 radical (unpaired) electrons. The molecule has 2 rings (SSSR count). The summed E-state index contributed by atoms with van der Waals surface area (Å²) < 4.78 is 11.2. The molecule has 0 bridgehead atoms. The van der Waals surface area contributed by atoms with Gasteiger partial charge >= 0.3 is 0 Å². The highest BCUT2D eigenvalue weighted by molar-refractivity contribution is 7.11. The molecule has 4 heteroatoms. The molecule has 1 aliphatic rings. The van der Waals surface area contributed by atoms with Gasteiger partial charge in [-0.05, 0) is 32.0 Å². The number of hydrogen-bond donors (Lipinski definition) is 1. The molecule has 0 aliphatic carbocycles. The van der Waals surface area contributed by atoms with E-state index in [1.807, 2.05) is 18.4 Å². The first-order chi connectivity index (χ1) is 7.88. The average Bonchev–Trinajstić information content (AvgIpc) is 2.90. The van der Waals surface area contributed by atoms with Crippen LogP contribution >= 0.6 is 11.3 Å². The van der Waals surface area contributed by atoms with E-state index in [0.717, 1.165) is 26.2 Å². The third-order valence-electron chi connectivity index (χ3n) is 2.64. The SMILES string of the molecule is CNCc1ccc(COCC2CCCO2)s1. The third-order valence-corrected chi connectivity index (χ3v) is 3.70. The van der Waals surface area contributed by atoms with Crippen molar-refractivity contribution >= 4 is 11.3 Å². The number of ether oxygens (including phenoxy) is 2. The van der Waals surface area contributed by atoms with Crippen LogP contribution in [0.15, 0.2) is 12.1 Å². The topological polar surface area (TPSA) is 30.5 Å². The Kier molecular flexibility index (Phi) is 4.78. The van der Waals surface area contributed by atoms with E-state index in [4.69, 9.17) is 9.47 Å². The fraction of sp³-hybridized carbons (Fsp3) is 0.667. The molecule has 1 saturated heterocycles. The lowest BCUT2D eigenvalue weighted by molar-refractivity contribution is 0.0114. The zero-order valence-corrected chi connectivity index (χ0v) is 10.5. The Balaban J connectivity index is 1.67. The molecule has 1 atom stereocenters. The number of nitrogens with one attached hydrogen (secondary N) is 1. The van der Waals surface area contributed by atoms with Crippen molar-refractivity contribution in [2.45, 2.75) is 32.1 Å². The summed E-state index contributed by atoms with van der Waals surface area (Å²) in [5.74, 6) is 0. The summed E-state index contributed by atoms with van der Waals surface area (Å²) >= 11 is 1.81. The minimum absolute atomic E-state index is 0.330. The van der Waals surface area contributed by atoms with Gasteiger partial charge in [-0.3, -0.25) is 0 Å². The summed E-state index contributed by atoms with van der Waals surface area (Å²) in [6.45, 7) is 3.29. The van der Waals surface area contributed by atoms with Crippen molar-refractivity contribution in [2.75, 3.05) is 20.3 Å². The van der Waals surface area contributed by atoms with Gasteiger partial charge < -0.3 is 14.8 Å². The number of rotatable bonds is 6. The summed E-state index contributed by atoms with van der Waals surface area (Å²) in [5, 5.41) is 3.15. The Morgan fingerprint density at radius 2 is 2.38 bits per heavy atom. The van der Waals surface area contributed by atoms with E-state index < -0.39 is 0 Å². The molecular weight excluding hydrogens is 222 g/mol. The lowest BCUT2D eigenvalue weighted by Gasteiger charge is -2.08. The van der Waals surface area contributed by atoms with Gasteiger partial charge in [0.05, 0.1) is 19.3 Å². The normalized spacial score (nSPS) is 20.4. The first kappa shape index (κ1) is 12.0. The summed E-state index contributed by atoms with van der Waals surface area (Å²) in [5.41, 5.74) is 0. The van der Waals surface area contributed by atoms with Crippen LogP contribution in [0.2, 0.25) is 0 Å². The van der Waals surface area contributed by atoms with Crippen LogP contribution in [0, 0.1) is 0 Å². The Hall–Kier alpha value is -0.420. The van der Waals surface area contributed by atoms with Gasteiger partial charge in [-0.15, -0.1) is 11.3 Å². The second-order valence-corrected chi connectivity index (χ2v) is 5.30. The molecule has 0 aromatic carbocycles. The van der Waals surface area contributed by atoms with E-state index in [-0.39, 0.29) is 0 Å². The fourth-order valence-electron chi connectivity index (χ4n) is 1.84. The zero-order valence-electron chi connectivity index (χ0n) is 9.70. The Morgan fingerprint density at radius 3 is 3.12 bits per heavy atom. The van der Waals surface area contributed by atoms with Crippen molar-refractivity contribution in [1.29, 1.82) is 0 Å². The minimum atomic E-state index is 0.330. The average molecular weight is 241 g/mol. The third kappa shape index (κ3) is 3.56. The Labute approximate surface area is 101 Å². The van der Waals surface area contributed by atoms with Crippen LogP contribution in [-0.2, 0) is 22.6 Å². The molecule has 3 nitrogen and oxygen atoms in total. The molecule has 1 N–H and O–H groups in total. The van der Waals surface area contributed by atoms with E-state index in [1.165, 1.54) is 16.2 Å². The predicted molar refractivity (Wildman–Crippen MR) is 65.7 cm³/mol. The largest absolute Gasteiger partial charge is 0.376 e. The summed E-state index contributed by atoms with van der Waals surface area (Å²) in [6.07, 6.45) is 2.66. The van der Waals surface area contributed by atoms with Gasteiger partial charge in [0.25, 0.3) is 0 Å². The van der Waals surface area contributed by atoms with Crippen LogP contribution in [0.25, 0.3) is 0 Å². The lowest BCUT2D eigenvalue weighted by atomic mass is 10.2. The van der Waals surface area contributed by atoms with Crippen LogP contribution in [0.4, 0.5) is 0 Å². The quantitative estimate of drug-likeness (QED) is 0.828. The van der Waals surface area contributed by atoms with Gasteiger partial charge in [-0.2, -0.15) is 0 Å². The van der Waals surface area contributed by atoms with Gasteiger partial charge in [-0.1, -0.05) is 0 Å². The highest BCUT2D eigenvalue weighted by Gasteiger charge is 2.15. The predicted octanol–water partition coefficient (Wildman–Crippen LogP) is 2.16. The standard InChI is InChI=1S/C12H19NO2S/c1-13-7-11-4-5-12(16-11)9-14-8-10-3-2-6-15-10/h4-5,10,13H,2-3,6-9H2,1H3. The number of thiophene rings is 1. The fourth-order valence-corrected chi connectivity index (χ4v) is 2.80. The van der Waals surface area contributed by atoms with Crippen molar-refractivity contribution in [3.63, 3.8) is 0 Å². The summed E-state index contributed by atoms with van der Waals surface area (Å²) in [4.78, 5) is 2.65. The Bertz CT molecular complexity index is 308. The zero-order chi connectivity index (χ0) is 11.2. The van der Waals surface area contributed by atoms with Crippen LogP contribution in [0.5, 0.6) is 0 Å². The first-order valence-electron chi connectivity index (χ1n) is 5.80. The van der Waals surface area contributed by atoms with Gasteiger partial charge in [-0.25, -0.2) is 0 Å². The van der Waals surface area contributed by atoms with Crippen molar-refractivity contribution in [3.8, 4) is 0 Å². The highest BCUT2D eigenvalue weighted by atomic mass is 32.1. The molecule has 0 saturated carbocycles. The smallest absolute Gasteiger partial charge is 0.0810 e. The van der Waals surface area contributed by atoms with E-state index in [0.29, 0.717) is 12.7 Å². The molecule has 0 spiro atoms. The van der Waals surface area contributed by atoms with Crippen molar-refractivity contribution in [2.24, 2.45) is 0 Å². The maximum absolute atomic E-state index is 5.66. The van der Waals surface area contributed by atoms with Gasteiger partial charge in [0, 0.05) is 22.9 Å². The molecule has 1 unspecified atom stereocenters. The molecule has 90 valence electrons. The van der Waals surface area contributed by atoms with Crippen LogP contribution in [0.1, 0.15) is 22.6 Å². The van der Waals surface area contributed by atoms with Crippen LogP contribution < -0.4 is 5.32 Å². The van der Waals surface area contributed by atoms with Crippen molar-refractivity contribution < 1.29 is 9.47 Å². The van der Waals surface area contributed by atoms with E-state index in [2.05, 4.69) is 17.4 Å². The van der Waals surface area contributed by atoms with Gasteiger partial charge in [0.15, 0.2) is 0 Å². The maximum Gasteiger partial charge on any atom is 0.0810 e. The molecule has 1 aromatic rings. The summed E-state index contributed by atoms with van der Waals surface area (Å²) in [7, 11) is 1.97. The Morgan fingerprint density at radius 1 is 1.50 bits per heavy atom. The van der Waals surface area contributed by atoms with E-state index in [9.17, 15) is 0 Å². The van der Waals surface area contributed by atoms with Gasteiger partial charge in [0.2, 0.25) is 0 Å². The minimum Gasteiger partial charge on any atom is -0.376 e.